The number of unbranched alkanes of at least 4 members (excludes halogenated alkanes) is 9. The molecule has 4 aliphatic rings. The fourth-order valence-electron chi connectivity index (χ4n) is 10.1. The number of aromatic nitrogens is 2. The molecule has 8 rings (SSSR count). The van der Waals surface area contributed by atoms with Crippen LogP contribution in [0.4, 0.5) is 9.59 Å². The van der Waals surface area contributed by atoms with Gasteiger partial charge in [-0.3, -0.25) is 29.0 Å². The number of nitrogens with zero attached hydrogens (tertiary/aromatic N) is 4. The highest BCUT2D eigenvalue weighted by molar-refractivity contribution is 9.10. The monoisotopic (exact) mass is 918 g/mol. The summed E-state index contributed by atoms with van der Waals surface area (Å²) in [6.45, 7) is 0.858. The number of carbonyl (C=O) groups excluding carboxylic acids is 6. The lowest BCUT2D eigenvalue weighted by molar-refractivity contribution is -0.141. The van der Waals surface area contributed by atoms with E-state index in [2.05, 4.69) is 31.9 Å². The van der Waals surface area contributed by atoms with Crippen LogP contribution in [0.25, 0.3) is 21.8 Å². The quantitative estimate of drug-likeness (QED) is 0.0965. The van der Waals surface area contributed by atoms with Gasteiger partial charge in [0, 0.05) is 57.0 Å². The Labute approximate surface area is 353 Å². The summed E-state index contributed by atoms with van der Waals surface area (Å²) in [6, 6.07) is 11.4. The molecule has 0 N–H and O–H groups in total. The zero-order chi connectivity index (χ0) is 40.8. The van der Waals surface area contributed by atoms with Crippen LogP contribution in [-0.2, 0) is 54.3 Å². The molecule has 4 amide bonds. The molecule has 2 aromatic heterocycles. The molecule has 2 aliphatic carbocycles. The topological polar surface area (TPSA) is 137 Å². The van der Waals surface area contributed by atoms with Crippen molar-refractivity contribution >= 4 is 89.5 Å². The summed E-state index contributed by atoms with van der Waals surface area (Å²) in [6.07, 6.45) is 10.5. The molecule has 12 nitrogen and oxygen atoms in total. The van der Waals surface area contributed by atoms with Gasteiger partial charge in [0.25, 0.3) is 0 Å². The molecule has 0 bridgehead atoms. The molecule has 0 saturated carbocycles. The van der Waals surface area contributed by atoms with Crippen LogP contribution in [0.3, 0.4) is 0 Å². The van der Waals surface area contributed by atoms with E-state index in [0.717, 1.165) is 117 Å². The summed E-state index contributed by atoms with van der Waals surface area (Å²) < 4.78 is 15.0. The van der Waals surface area contributed by atoms with E-state index < -0.39 is 35.9 Å². The molecule has 58 heavy (non-hydrogen) atoms. The smallest absolute Gasteiger partial charge is 0.418 e. The predicted molar refractivity (Wildman–Crippen MR) is 223 cm³/mol. The number of hydrogen-bond acceptors (Lipinski definition) is 8. The van der Waals surface area contributed by atoms with Crippen LogP contribution in [0.5, 0.6) is 0 Å². The third kappa shape index (κ3) is 7.11. The minimum absolute atomic E-state index is 0.0987. The molecule has 0 spiro atoms. The second kappa shape index (κ2) is 16.8. The highest BCUT2D eigenvalue weighted by Gasteiger charge is 2.52. The largest absolute Gasteiger partial charge is 0.452 e. The molecular weight excluding hydrogens is 872 g/mol. The van der Waals surface area contributed by atoms with Crippen molar-refractivity contribution in [3.05, 3.63) is 67.9 Å². The minimum atomic E-state index is -0.495. The number of rotatable bonds is 13. The number of carbonyl (C=O) groups is 6. The van der Waals surface area contributed by atoms with Crippen molar-refractivity contribution in [2.45, 2.75) is 89.9 Å². The molecule has 4 aromatic rings. The van der Waals surface area contributed by atoms with Gasteiger partial charge in [-0.1, -0.05) is 83.2 Å². The van der Waals surface area contributed by atoms with Gasteiger partial charge in [-0.25, -0.2) is 18.7 Å². The van der Waals surface area contributed by atoms with Gasteiger partial charge in [-0.05, 0) is 73.2 Å². The van der Waals surface area contributed by atoms with E-state index in [4.69, 9.17) is 9.47 Å². The van der Waals surface area contributed by atoms with Crippen LogP contribution in [-0.4, -0.2) is 82.1 Å². The first-order chi connectivity index (χ1) is 28.0. The predicted octanol–water partition coefficient (Wildman–Crippen LogP) is 8.35. The van der Waals surface area contributed by atoms with Crippen molar-refractivity contribution in [1.82, 2.24) is 18.9 Å². The maximum atomic E-state index is 13.5. The summed E-state index contributed by atoms with van der Waals surface area (Å²) in [5.41, 5.74) is 4.85. The van der Waals surface area contributed by atoms with E-state index in [1.807, 2.05) is 36.4 Å². The lowest BCUT2D eigenvalue weighted by Crippen LogP contribution is -2.32. The van der Waals surface area contributed by atoms with Crippen molar-refractivity contribution in [1.29, 1.82) is 0 Å². The van der Waals surface area contributed by atoms with Gasteiger partial charge in [-0.15, -0.1) is 0 Å². The maximum Gasteiger partial charge on any atom is 0.418 e. The van der Waals surface area contributed by atoms with Crippen LogP contribution in [0.1, 0.15) is 86.7 Å². The first kappa shape index (κ1) is 40.5. The average molecular weight is 921 g/mol. The normalized spacial score (nSPS) is 21.2. The Morgan fingerprint density at radius 2 is 0.862 bits per heavy atom. The Morgan fingerprint density at radius 3 is 1.21 bits per heavy atom. The minimum Gasteiger partial charge on any atom is -0.452 e. The first-order valence-electron chi connectivity index (χ1n) is 20.5. The summed E-state index contributed by atoms with van der Waals surface area (Å²) in [5, 5.41) is 1.80. The standard InChI is InChI=1S/C44H48Br2N4O8/c1-57-43(55)49-35-15-13-25(45)19-27(35)29-21-31-33(23-37(29)49)41(53)47(39(31)51)17-11-9-7-5-3-4-6-8-10-12-18-48-40(52)32-22-30-28-20-26(46)14-16-36(28)50(44(56)58-2)38(30)24-34(32)42(48)54/h13-16,19-20,31-34H,3-12,17-18,21-24H2,1-2H3. The number of likely N-dealkylation sites (tertiary alicyclic amines) is 2. The second-order valence-electron chi connectivity index (χ2n) is 16.2. The molecule has 2 fully saturated rings. The van der Waals surface area contributed by atoms with Crippen LogP contribution in [0, 0.1) is 23.7 Å². The highest BCUT2D eigenvalue weighted by atomic mass is 79.9. The van der Waals surface area contributed by atoms with E-state index in [1.165, 1.54) is 24.0 Å². The van der Waals surface area contributed by atoms with E-state index in [1.54, 1.807) is 9.13 Å². The molecule has 306 valence electrons. The molecule has 0 radical (unpaired) electrons. The van der Waals surface area contributed by atoms with Gasteiger partial charge in [-0.2, -0.15) is 0 Å². The third-order valence-corrected chi connectivity index (χ3v) is 14.0. The molecule has 4 unspecified atom stereocenters. The molecule has 14 heteroatoms. The second-order valence-corrected chi connectivity index (χ2v) is 18.0. The number of ether oxygens (including phenoxy) is 2. The van der Waals surface area contributed by atoms with E-state index in [9.17, 15) is 28.8 Å². The fourth-order valence-corrected chi connectivity index (χ4v) is 10.8. The number of benzene rings is 2. The van der Waals surface area contributed by atoms with Crippen LogP contribution >= 0.6 is 31.9 Å². The summed E-state index contributed by atoms with van der Waals surface area (Å²) in [5.74, 6) is -2.20. The van der Waals surface area contributed by atoms with Crippen LogP contribution in [0.15, 0.2) is 45.3 Å². The molecule has 2 aliphatic heterocycles. The van der Waals surface area contributed by atoms with Crippen molar-refractivity contribution in [3.63, 3.8) is 0 Å². The van der Waals surface area contributed by atoms with Gasteiger partial charge < -0.3 is 9.47 Å². The van der Waals surface area contributed by atoms with Crippen LogP contribution < -0.4 is 0 Å². The fraction of sp³-hybridized carbons (Fsp3) is 0.500. The Hall–Kier alpha value is -4.30. The number of amides is 4. The van der Waals surface area contributed by atoms with Gasteiger partial charge in [0.1, 0.15) is 0 Å². The summed E-state index contributed by atoms with van der Waals surface area (Å²) >= 11 is 7.06. The highest BCUT2D eigenvalue weighted by Crippen LogP contribution is 2.44. The molecule has 4 heterocycles. The Kier molecular flexibility index (Phi) is 11.7. The van der Waals surface area contributed by atoms with Crippen molar-refractivity contribution < 1.29 is 38.2 Å². The van der Waals surface area contributed by atoms with E-state index in [0.29, 0.717) is 38.8 Å². The van der Waals surface area contributed by atoms with Crippen molar-refractivity contribution in [3.8, 4) is 0 Å². The Bertz CT molecular complexity index is 2190. The van der Waals surface area contributed by atoms with Gasteiger partial charge in [0.05, 0.1) is 48.9 Å². The zero-order valence-corrected chi connectivity index (χ0v) is 36.1. The Balaban J connectivity index is 0.731. The van der Waals surface area contributed by atoms with E-state index in [-0.39, 0.29) is 23.6 Å². The zero-order valence-electron chi connectivity index (χ0n) is 32.9. The van der Waals surface area contributed by atoms with Crippen LogP contribution in [0.2, 0.25) is 0 Å². The average Bonchev–Trinajstić information content (AvgIpc) is 3.86. The lowest BCUT2D eigenvalue weighted by Gasteiger charge is -2.23. The molecule has 2 aromatic carbocycles. The number of imide groups is 2. The maximum absolute atomic E-state index is 13.5. The summed E-state index contributed by atoms with van der Waals surface area (Å²) in [4.78, 5) is 82.5. The summed E-state index contributed by atoms with van der Waals surface area (Å²) in [7, 11) is 2.70. The first-order valence-corrected chi connectivity index (χ1v) is 22.1. The number of methoxy groups -OCH3 is 2. The van der Waals surface area contributed by atoms with Gasteiger partial charge >= 0.3 is 12.2 Å². The number of halogens is 2. The Morgan fingerprint density at radius 1 is 0.534 bits per heavy atom. The van der Waals surface area contributed by atoms with Crippen molar-refractivity contribution in [2.75, 3.05) is 27.3 Å². The number of fused-ring (bicyclic) bond motifs is 8. The van der Waals surface area contributed by atoms with Crippen molar-refractivity contribution in [2.24, 2.45) is 23.7 Å². The van der Waals surface area contributed by atoms with Gasteiger partial charge in [0.15, 0.2) is 0 Å². The SMILES string of the molecule is COC(=O)n1c2c(c3cc(Br)ccc31)CC1C(=O)N(CCCCCCCCCCCCN3C(=O)C4Cc5c(n(C(=O)OC)c6ccc(Br)cc56)CC4C3=O)C(=O)C1C2. The van der Waals surface area contributed by atoms with Gasteiger partial charge in [0.2, 0.25) is 23.6 Å². The molecular formula is C44H48Br2N4O8. The third-order valence-electron chi connectivity index (χ3n) is 13.0. The molecule has 2 saturated heterocycles. The van der Waals surface area contributed by atoms with E-state index >= 15 is 0 Å². The number of hydrogen-bond donors (Lipinski definition) is 0. The lowest BCUT2D eigenvalue weighted by atomic mass is 9.79. The molecule has 4 atom stereocenters.